The van der Waals surface area contributed by atoms with E-state index in [-0.39, 0.29) is 12.5 Å². The van der Waals surface area contributed by atoms with Crippen LogP contribution in [0.15, 0.2) is 53.6 Å². The SMILES string of the molecule is Nc1ncc2c(n1)CN(S(=O)(=O)c1ccc3ccccc3c1)CC2. The summed E-state index contributed by atoms with van der Waals surface area (Å²) in [5.41, 5.74) is 7.25. The average molecular weight is 340 g/mol. The summed E-state index contributed by atoms with van der Waals surface area (Å²) in [6, 6.07) is 12.9. The van der Waals surface area contributed by atoms with E-state index in [1.807, 2.05) is 30.3 Å². The van der Waals surface area contributed by atoms with Crippen molar-refractivity contribution in [2.24, 2.45) is 0 Å². The second-order valence-electron chi connectivity index (χ2n) is 5.80. The van der Waals surface area contributed by atoms with Crippen molar-refractivity contribution in [1.29, 1.82) is 0 Å². The van der Waals surface area contributed by atoms with Gasteiger partial charge in [-0.15, -0.1) is 0 Å². The first-order valence-corrected chi connectivity index (χ1v) is 9.07. The third-order valence-corrected chi connectivity index (χ3v) is 6.13. The molecule has 1 aliphatic heterocycles. The van der Waals surface area contributed by atoms with Gasteiger partial charge in [-0.05, 0) is 34.9 Å². The van der Waals surface area contributed by atoms with Crippen molar-refractivity contribution in [2.75, 3.05) is 12.3 Å². The third kappa shape index (κ3) is 2.51. The Morgan fingerprint density at radius 2 is 1.88 bits per heavy atom. The maximum absolute atomic E-state index is 13.0. The number of rotatable bonds is 2. The Morgan fingerprint density at radius 3 is 2.71 bits per heavy atom. The van der Waals surface area contributed by atoms with E-state index in [2.05, 4.69) is 9.97 Å². The van der Waals surface area contributed by atoms with Gasteiger partial charge in [0.05, 0.1) is 17.1 Å². The predicted octanol–water partition coefficient (Wildman–Crippen LogP) is 1.96. The van der Waals surface area contributed by atoms with Crippen molar-refractivity contribution in [3.63, 3.8) is 0 Å². The van der Waals surface area contributed by atoms with Crippen LogP contribution in [0, 0.1) is 0 Å². The van der Waals surface area contributed by atoms with Crippen LogP contribution >= 0.6 is 0 Å². The lowest BCUT2D eigenvalue weighted by Crippen LogP contribution is -2.36. The molecule has 2 aromatic carbocycles. The molecule has 7 heteroatoms. The number of nitrogens with zero attached hydrogens (tertiary/aromatic N) is 3. The zero-order valence-corrected chi connectivity index (χ0v) is 13.7. The van der Waals surface area contributed by atoms with Gasteiger partial charge in [0.1, 0.15) is 0 Å². The monoisotopic (exact) mass is 340 g/mol. The van der Waals surface area contributed by atoms with E-state index in [1.54, 1.807) is 18.3 Å². The maximum atomic E-state index is 13.0. The lowest BCUT2D eigenvalue weighted by atomic mass is 10.1. The Balaban J connectivity index is 1.72. The molecular formula is C17H16N4O2S. The quantitative estimate of drug-likeness (QED) is 0.770. The number of nitrogen functional groups attached to an aromatic ring is 1. The van der Waals surface area contributed by atoms with Gasteiger partial charge in [-0.2, -0.15) is 4.31 Å². The van der Waals surface area contributed by atoms with Crippen molar-refractivity contribution in [2.45, 2.75) is 17.9 Å². The van der Waals surface area contributed by atoms with Crippen LogP contribution in [-0.2, 0) is 23.0 Å². The van der Waals surface area contributed by atoms with E-state index in [0.717, 1.165) is 16.3 Å². The summed E-state index contributed by atoms with van der Waals surface area (Å²) >= 11 is 0. The molecule has 0 unspecified atom stereocenters. The smallest absolute Gasteiger partial charge is 0.243 e. The molecule has 2 heterocycles. The molecule has 2 N–H and O–H groups in total. The average Bonchev–Trinajstić information content (AvgIpc) is 2.60. The first-order chi connectivity index (χ1) is 11.5. The Kier molecular flexibility index (Phi) is 3.47. The fourth-order valence-corrected chi connectivity index (χ4v) is 4.41. The van der Waals surface area contributed by atoms with E-state index in [9.17, 15) is 8.42 Å². The zero-order valence-electron chi connectivity index (χ0n) is 12.9. The fourth-order valence-electron chi connectivity index (χ4n) is 2.98. The maximum Gasteiger partial charge on any atom is 0.243 e. The molecular weight excluding hydrogens is 324 g/mol. The topological polar surface area (TPSA) is 89.2 Å². The van der Waals surface area contributed by atoms with Crippen LogP contribution in [0.5, 0.6) is 0 Å². The van der Waals surface area contributed by atoms with Crippen LogP contribution in [0.25, 0.3) is 10.8 Å². The summed E-state index contributed by atoms with van der Waals surface area (Å²) in [5.74, 6) is 0.165. The van der Waals surface area contributed by atoms with Crippen molar-refractivity contribution in [1.82, 2.24) is 14.3 Å². The van der Waals surface area contributed by atoms with Gasteiger partial charge < -0.3 is 5.73 Å². The number of sulfonamides is 1. The summed E-state index contributed by atoms with van der Waals surface area (Å²) in [6.07, 6.45) is 2.26. The molecule has 0 amide bonds. The fraction of sp³-hybridized carbons (Fsp3) is 0.176. The number of hydrogen-bond acceptors (Lipinski definition) is 5. The minimum Gasteiger partial charge on any atom is -0.368 e. The summed E-state index contributed by atoms with van der Waals surface area (Å²) in [5, 5.41) is 1.92. The van der Waals surface area contributed by atoms with Gasteiger partial charge in [-0.3, -0.25) is 0 Å². The molecule has 0 saturated carbocycles. The van der Waals surface area contributed by atoms with Crippen LogP contribution in [0.1, 0.15) is 11.3 Å². The molecule has 0 spiro atoms. The Bertz CT molecular complexity index is 1030. The molecule has 4 rings (SSSR count). The van der Waals surface area contributed by atoms with Gasteiger partial charge in [-0.1, -0.05) is 30.3 Å². The highest BCUT2D eigenvalue weighted by Gasteiger charge is 2.29. The molecule has 0 radical (unpaired) electrons. The molecule has 0 aliphatic carbocycles. The first kappa shape index (κ1) is 15.0. The number of hydrogen-bond donors (Lipinski definition) is 1. The van der Waals surface area contributed by atoms with Crippen molar-refractivity contribution in [3.8, 4) is 0 Å². The van der Waals surface area contributed by atoms with Crippen LogP contribution in [0.3, 0.4) is 0 Å². The van der Waals surface area contributed by atoms with Gasteiger partial charge >= 0.3 is 0 Å². The minimum absolute atomic E-state index is 0.165. The number of benzene rings is 2. The molecule has 1 aliphatic rings. The van der Waals surface area contributed by atoms with Gasteiger partial charge in [-0.25, -0.2) is 18.4 Å². The molecule has 122 valence electrons. The van der Waals surface area contributed by atoms with Crippen molar-refractivity contribution >= 4 is 26.7 Å². The highest BCUT2D eigenvalue weighted by atomic mass is 32.2. The molecule has 3 aromatic rings. The van der Waals surface area contributed by atoms with Crippen LogP contribution < -0.4 is 5.73 Å². The van der Waals surface area contributed by atoms with Crippen molar-refractivity contribution in [3.05, 3.63) is 59.9 Å². The molecule has 0 atom stereocenters. The van der Waals surface area contributed by atoms with E-state index in [1.165, 1.54) is 4.31 Å². The lowest BCUT2D eigenvalue weighted by Gasteiger charge is -2.27. The van der Waals surface area contributed by atoms with Gasteiger partial charge in [0, 0.05) is 12.7 Å². The van der Waals surface area contributed by atoms with E-state index < -0.39 is 10.0 Å². The van der Waals surface area contributed by atoms with E-state index in [0.29, 0.717) is 23.6 Å². The molecule has 24 heavy (non-hydrogen) atoms. The molecule has 6 nitrogen and oxygen atoms in total. The van der Waals surface area contributed by atoms with Gasteiger partial charge in [0.25, 0.3) is 0 Å². The highest BCUT2D eigenvalue weighted by Crippen LogP contribution is 2.26. The second-order valence-corrected chi connectivity index (χ2v) is 7.74. The first-order valence-electron chi connectivity index (χ1n) is 7.63. The van der Waals surface area contributed by atoms with Crippen LogP contribution in [0.4, 0.5) is 5.95 Å². The predicted molar refractivity (Wildman–Crippen MR) is 91.7 cm³/mol. The summed E-state index contributed by atoms with van der Waals surface area (Å²) in [6.45, 7) is 0.632. The molecule has 0 bridgehead atoms. The lowest BCUT2D eigenvalue weighted by molar-refractivity contribution is 0.385. The number of nitrogens with two attached hydrogens (primary N) is 1. The zero-order chi connectivity index (χ0) is 16.7. The molecule has 1 aromatic heterocycles. The Hall–Kier alpha value is -2.51. The Labute approximate surface area is 140 Å². The Morgan fingerprint density at radius 1 is 1.08 bits per heavy atom. The second kappa shape index (κ2) is 5.54. The minimum atomic E-state index is -3.58. The summed E-state index contributed by atoms with van der Waals surface area (Å²) in [7, 11) is -3.58. The third-order valence-electron chi connectivity index (χ3n) is 4.29. The van der Waals surface area contributed by atoms with Gasteiger partial charge in [0.2, 0.25) is 16.0 Å². The number of aromatic nitrogens is 2. The van der Waals surface area contributed by atoms with Crippen LogP contribution in [0.2, 0.25) is 0 Å². The number of fused-ring (bicyclic) bond motifs is 2. The molecule has 0 fully saturated rings. The largest absolute Gasteiger partial charge is 0.368 e. The van der Waals surface area contributed by atoms with Crippen molar-refractivity contribution < 1.29 is 8.42 Å². The van der Waals surface area contributed by atoms with E-state index >= 15 is 0 Å². The standard InChI is InChI=1S/C17H16N4O2S/c18-17-19-10-14-7-8-21(11-16(14)20-17)24(22,23)15-6-5-12-3-1-2-4-13(12)9-15/h1-6,9-10H,7-8,11H2,(H2,18,19,20). The van der Waals surface area contributed by atoms with Crippen LogP contribution in [-0.4, -0.2) is 29.2 Å². The summed E-state index contributed by atoms with van der Waals surface area (Å²) in [4.78, 5) is 8.45. The molecule has 0 saturated heterocycles. The normalized spacial score (nSPS) is 15.3. The van der Waals surface area contributed by atoms with Gasteiger partial charge in [0.15, 0.2) is 0 Å². The number of anilines is 1. The van der Waals surface area contributed by atoms with E-state index in [4.69, 9.17) is 5.73 Å². The highest BCUT2D eigenvalue weighted by molar-refractivity contribution is 7.89. The summed E-state index contributed by atoms with van der Waals surface area (Å²) < 4.78 is 27.4.